The number of nitrogens with zero attached hydrogens (tertiary/aromatic N) is 1. The Kier molecular flexibility index (Phi) is 4.89. The van der Waals surface area contributed by atoms with E-state index >= 15 is 0 Å². The molecule has 1 atom stereocenters. The van der Waals surface area contributed by atoms with Gasteiger partial charge in [0.2, 0.25) is 0 Å². The Balaban J connectivity index is 1.98. The maximum absolute atomic E-state index is 3.73. The molecule has 0 saturated carbocycles. The highest BCUT2D eigenvalue weighted by Gasteiger charge is 2.25. The van der Waals surface area contributed by atoms with E-state index in [1.165, 1.54) is 21.3 Å². The van der Waals surface area contributed by atoms with Gasteiger partial charge in [-0.1, -0.05) is 40.2 Å². The summed E-state index contributed by atoms with van der Waals surface area (Å²) in [6.45, 7) is 4.46. The Labute approximate surface area is 132 Å². The normalized spacial score (nSPS) is 18.6. The second-order valence-corrected chi connectivity index (χ2v) is 6.91. The first-order valence-electron chi connectivity index (χ1n) is 7.09. The van der Waals surface area contributed by atoms with Crippen LogP contribution >= 0.6 is 27.3 Å². The average molecular weight is 351 g/mol. The molecule has 0 amide bonds. The van der Waals surface area contributed by atoms with Crippen LogP contribution in [0.5, 0.6) is 0 Å². The summed E-state index contributed by atoms with van der Waals surface area (Å²) in [5, 5.41) is 5.67. The number of nitrogens with one attached hydrogen (secondary N) is 1. The Morgan fingerprint density at radius 3 is 2.80 bits per heavy atom. The Morgan fingerprint density at radius 2 is 2.00 bits per heavy atom. The Hall–Kier alpha value is -0.680. The monoisotopic (exact) mass is 350 g/mol. The molecule has 1 aliphatic rings. The molecule has 1 aromatic carbocycles. The molecule has 0 spiro atoms. The maximum Gasteiger partial charge on any atom is 0.0707 e. The van der Waals surface area contributed by atoms with Gasteiger partial charge in [0.1, 0.15) is 0 Å². The smallest absolute Gasteiger partial charge is 0.0707 e. The predicted molar refractivity (Wildman–Crippen MR) is 89.4 cm³/mol. The van der Waals surface area contributed by atoms with Gasteiger partial charge in [-0.3, -0.25) is 4.90 Å². The first-order valence-corrected chi connectivity index (χ1v) is 8.76. The van der Waals surface area contributed by atoms with Crippen molar-refractivity contribution in [2.75, 3.05) is 26.2 Å². The van der Waals surface area contributed by atoms with Crippen LogP contribution in [0.15, 0.2) is 46.3 Å². The van der Waals surface area contributed by atoms with Gasteiger partial charge in [-0.05, 0) is 36.0 Å². The van der Waals surface area contributed by atoms with Gasteiger partial charge >= 0.3 is 0 Å². The van der Waals surface area contributed by atoms with E-state index in [0.717, 1.165) is 26.2 Å². The van der Waals surface area contributed by atoms with Gasteiger partial charge in [0.15, 0.2) is 0 Å². The summed E-state index contributed by atoms with van der Waals surface area (Å²) in [4.78, 5) is 4.03. The average Bonchev–Trinajstić information content (AvgIpc) is 2.85. The molecule has 0 radical (unpaired) electrons. The standard InChI is InChI=1S/C16H19BrN2S/c17-14-6-2-1-5-13(14)16(15-7-3-12-20-15)19-10-4-8-18-9-11-19/h1-3,5-7,12,16,18H,4,8-11H2. The summed E-state index contributed by atoms with van der Waals surface area (Å²) in [6.07, 6.45) is 1.21. The minimum atomic E-state index is 0.366. The molecule has 1 saturated heterocycles. The van der Waals surface area contributed by atoms with Crippen LogP contribution in [-0.4, -0.2) is 31.1 Å². The van der Waals surface area contributed by atoms with Gasteiger partial charge in [0.25, 0.3) is 0 Å². The number of thiophene rings is 1. The number of hydrogen-bond acceptors (Lipinski definition) is 3. The van der Waals surface area contributed by atoms with Crippen LogP contribution in [-0.2, 0) is 0 Å². The highest BCUT2D eigenvalue weighted by molar-refractivity contribution is 9.10. The van der Waals surface area contributed by atoms with Gasteiger partial charge in [-0.2, -0.15) is 0 Å². The van der Waals surface area contributed by atoms with Crippen molar-refractivity contribution in [2.45, 2.75) is 12.5 Å². The topological polar surface area (TPSA) is 15.3 Å². The van der Waals surface area contributed by atoms with Crippen LogP contribution in [0.4, 0.5) is 0 Å². The highest BCUT2D eigenvalue weighted by atomic mass is 79.9. The van der Waals surface area contributed by atoms with Crippen LogP contribution in [0.25, 0.3) is 0 Å². The van der Waals surface area contributed by atoms with Crippen molar-refractivity contribution in [3.8, 4) is 0 Å². The lowest BCUT2D eigenvalue weighted by Crippen LogP contribution is -2.32. The molecule has 1 aromatic heterocycles. The SMILES string of the molecule is Brc1ccccc1C(c1cccs1)N1CCCNCC1. The zero-order chi connectivity index (χ0) is 13.8. The minimum Gasteiger partial charge on any atom is -0.315 e. The minimum absolute atomic E-state index is 0.366. The molecule has 1 aliphatic heterocycles. The van der Waals surface area contributed by atoms with E-state index in [-0.39, 0.29) is 0 Å². The van der Waals surface area contributed by atoms with Gasteiger partial charge in [-0.25, -0.2) is 0 Å². The van der Waals surface area contributed by atoms with E-state index in [0.29, 0.717) is 6.04 Å². The fourth-order valence-electron chi connectivity index (χ4n) is 2.80. The first kappa shape index (κ1) is 14.3. The molecule has 0 bridgehead atoms. The van der Waals surface area contributed by atoms with Gasteiger partial charge in [-0.15, -0.1) is 11.3 Å². The van der Waals surface area contributed by atoms with Gasteiger partial charge in [0.05, 0.1) is 6.04 Å². The van der Waals surface area contributed by atoms with Gasteiger partial charge in [0, 0.05) is 29.0 Å². The van der Waals surface area contributed by atoms with Crippen molar-refractivity contribution in [2.24, 2.45) is 0 Å². The van der Waals surface area contributed by atoms with E-state index in [1.54, 1.807) is 0 Å². The van der Waals surface area contributed by atoms with Crippen LogP contribution < -0.4 is 5.32 Å². The molecule has 1 fully saturated rings. The fraction of sp³-hybridized carbons (Fsp3) is 0.375. The van der Waals surface area contributed by atoms with Crippen LogP contribution in [0.2, 0.25) is 0 Å². The summed E-state index contributed by atoms with van der Waals surface area (Å²) < 4.78 is 1.20. The molecular weight excluding hydrogens is 332 g/mol. The molecular formula is C16H19BrN2S. The third kappa shape index (κ3) is 3.14. The molecule has 20 heavy (non-hydrogen) atoms. The van der Waals surface area contributed by atoms with Crippen LogP contribution in [0.1, 0.15) is 22.9 Å². The summed E-state index contributed by atoms with van der Waals surface area (Å²) >= 11 is 5.58. The van der Waals surface area contributed by atoms with Gasteiger partial charge < -0.3 is 5.32 Å². The molecule has 2 aromatic rings. The molecule has 2 nitrogen and oxygen atoms in total. The van der Waals surface area contributed by atoms with E-state index in [1.807, 2.05) is 11.3 Å². The first-order chi connectivity index (χ1) is 9.86. The summed E-state index contributed by atoms with van der Waals surface area (Å²) in [5.41, 5.74) is 1.37. The lowest BCUT2D eigenvalue weighted by atomic mass is 10.0. The van der Waals surface area contributed by atoms with Crippen LogP contribution in [0, 0.1) is 0 Å². The lowest BCUT2D eigenvalue weighted by Gasteiger charge is -2.30. The molecule has 1 unspecified atom stereocenters. The second-order valence-electron chi connectivity index (χ2n) is 5.08. The predicted octanol–water partition coefficient (Wildman–Crippen LogP) is 3.90. The molecule has 2 heterocycles. The third-order valence-corrected chi connectivity index (χ3v) is 5.40. The zero-order valence-electron chi connectivity index (χ0n) is 11.4. The number of benzene rings is 1. The molecule has 4 heteroatoms. The van der Waals surface area contributed by atoms with E-state index in [2.05, 4.69) is 67.9 Å². The quantitative estimate of drug-likeness (QED) is 0.902. The number of hydrogen-bond donors (Lipinski definition) is 1. The van der Waals surface area contributed by atoms with Crippen molar-refractivity contribution in [3.63, 3.8) is 0 Å². The second kappa shape index (κ2) is 6.85. The van der Waals surface area contributed by atoms with Crippen LogP contribution in [0.3, 0.4) is 0 Å². The van der Waals surface area contributed by atoms with Crippen molar-refractivity contribution in [1.82, 2.24) is 10.2 Å². The Bertz CT molecular complexity index is 533. The van der Waals surface area contributed by atoms with E-state index in [9.17, 15) is 0 Å². The fourth-order valence-corrected chi connectivity index (χ4v) is 4.18. The third-order valence-electron chi connectivity index (χ3n) is 3.75. The lowest BCUT2D eigenvalue weighted by molar-refractivity contribution is 0.243. The van der Waals surface area contributed by atoms with Crippen molar-refractivity contribution >= 4 is 27.3 Å². The summed E-state index contributed by atoms with van der Waals surface area (Å²) in [6, 6.07) is 13.4. The number of rotatable bonds is 3. The maximum atomic E-state index is 3.73. The highest BCUT2D eigenvalue weighted by Crippen LogP contribution is 2.35. The van der Waals surface area contributed by atoms with Crippen molar-refractivity contribution in [1.29, 1.82) is 0 Å². The molecule has 106 valence electrons. The van der Waals surface area contributed by atoms with Crippen molar-refractivity contribution in [3.05, 3.63) is 56.7 Å². The summed E-state index contributed by atoms with van der Waals surface area (Å²) in [7, 11) is 0. The molecule has 0 aliphatic carbocycles. The zero-order valence-corrected chi connectivity index (χ0v) is 13.8. The largest absolute Gasteiger partial charge is 0.315 e. The van der Waals surface area contributed by atoms with E-state index in [4.69, 9.17) is 0 Å². The van der Waals surface area contributed by atoms with E-state index < -0.39 is 0 Å². The number of halogens is 1. The molecule has 1 N–H and O–H groups in total. The molecule has 3 rings (SSSR count). The Morgan fingerprint density at radius 1 is 1.10 bits per heavy atom. The van der Waals surface area contributed by atoms with Crippen molar-refractivity contribution < 1.29 is 0 Å². The summed E-state index contributed by atoms with van der Waals surface area (Å²) in [5.74, 6) is 0.